The van der Waals surface area contributed by atoms with E-state index in [1.165, 1.54) is 20.0 Å². The van der Waals surface area contributed by atoms with E-state index in [1.54, 1.807) is 0 Å². The Balaban J connectivity index is 2.97. The topological polar surface area (TPSA) is 68.5 Å². The summed E-state index contributed by atoms with van der Waals surface area (Å²) in [5.41, 5.74) is -3.01. The summed E-state index contributed by atoms with van der Waals surface area (Å²) in [6, 6.07) is 3.14. The third kappa shape index (κ3) is 2.40. The van der Waals surface area contributed by atoms with Crippen LogP contribution in [0.2, 0.25) is 0 Å². The van der Waals surface area contributed by atoms with Crippen LogP contribution in [-0.4, -0.2) is 22.2 Å². The number of carbonyl (C=O) groups excluding carboxylic acids is 1. The molecule has 0 aliphatic carbocycles. The van der Waals surface area contributed by atoms with Gasteiger partial charge in [-0.1, -0.05) is 6.07 Å². The highest BCUT2D eigenvalue weighted by Gasteiger charge is 2.35. The average Bonchev–Trinajstić information content (AvgIpc) is 2.43. The number of benzene rings is 1. The van der Waals surface area contributed by atoms with Crippen molar-refractivity contribution in [3.05, 3.63) is 39.7 Å². The number of ether oxygens (including phenoxy) is 1. The Bertz CT molecular complexity index is 808. The molecule has 2 aromatic rings. The van der Waals surface area contributed by atoms with Crippen molar-refractivity contribution < 1.29 is 27.8 Å². The van der Waals surface area contributed by atoms with Crippen LogP contribution in [-0.2, 0) is 18.0 Å². The number of halogens is 3. The lowest BCUT2D eigenvalue weighted by molar-refractivity contribution is -0.136. The summed E-state index contributed by atoms with van der Waals surface area (Å²) in [6.07, 6.45) is -4.75. The molecule has 0 aliphatic heterocycles. The summed E-state index contributed by atoms with van der Waals surface area (Å²) in [5.74, 6) is -2.19. The highest BCUT2D eigenvalue weighted by Crippen LogP contribution is 2.39. The minimum Gasteiger partial charge on any atom is -0.506 e. The quantitative estimate of drug-likeness (QED) is 0.864. The van der Waals surface area contributed by atoms with E-state index in [1.807, 2.05) is 0 Å². The molecule has 0 fully saturated rings. The molecule has 1 N–H and O–H groups in total. The Morgan fingerprint density at radius 3 is 2.55 bits per heavy atom. The molecule has 1 aromatic heterocycles. The van der Waals surface area contributed by atoms with Gasteiger partial charge in [0.25, 0.3) is 5.56 Å². The minimum atomic E-state index is -4.75. The second-order valence-corrected chi connectivity index (χ2v) is 4.51. The number of aromatic nitrogens is 1. The van der Waals surface area contributed by atoms with Crippen LogP contribution in [0.4, 0.5) is 13.2 Å². The molecule has 0 saturated heterocycles. The van der Waals surface area contributed by atoms with E-state index >= 15 is 0 Å². The number of pyridine rings is 1. The van der Waals surface area contributed by atoms with Crippen molar-refractivity contribution in [2.75, 3.05) is 6.61 Å². The predicted octanol–water partition coefficient (Wildman–Crippen LogP) is 2.44. The maximum atomic E-state index is 13.1. The van der Waals surface area contributed by atoms with Crippen molar-refractivity contribution in [2.24, 2.45) is 7.05 Å². The van der Waals surface area contributed by atoms with Crippen molar-refractivity contribution >= 4 is 16.9 Å². The Kier molecular flexibility index (Phi) is 3.87. The molecule has 0 bridgehead atoms. The standard InChI is InChI=1S/C14H12F3NO4/c1-3-22-13(21)10-11(19)9-7(14(15,16)17)5-4-6-8(9)18(2)12(10)20/h4-6,19H,3H2,1-2H3. The van der Waals surface area contributed by atoms with Crippen LogP contribution in [0.15, 0.2) is 23.0 Å². The molecule has 8 heteroatoms. The number of alkyl halides is 3. The van der Waals surface area contributed by atoms with E-state index in [0.29, 0.717) is 0 Å². The number of aromatic hydroxyl groups is 1. The molecule has 2 rings (SSSR count). The summed E-state index contributed by atoms with van der Waals surface area (Å²) in [4.78, 5) is 23.9. The molecule has 0 atom stereocenters. The highest BCUT2D eigenvalue weighted by atomic mass is 19.4. The molecule has 0 radical (unpaired) electrons. The fourth-order valence-corrected chi connectivity index (χ4v) is 2.20. The van der Waals surface area contributed by atoms with E-state index in [2.05, 4.69) is 4.74 Å². The van der Waals surface area contributed by atoms with Gasteiger partial charge in [-0.25, -0.2) is 4.79 Å². The van der Waals surface area contributed by atoms with Crippen molar-refractivity contribution in [1.82, 2.24) is 4.57 Å². The second-order valence-electron chi connectivity index (χ2n) is 4.51. The number of hydrogen-bond donors (Lipinski definition) is 1. The molecule has 0 amide bonds. The first-order valence-corrected chi connectivity index (χ1v) is 6.29. The van der Waals surface area contributed by atoms with Gasteiger partial charge in [0.2, 0.25) is 0 Å². The smallest absolute Gasteiger partial charge is 0.417 e. The number of aryl methyl sites for hydroxylation is 1. The Morgan fingerprint density at radius 2 is 2.00 bits per heavy atom. The van der Waals surface area contributed by atoms with Crippen molar-refractivity contribution in [3.8, 4) is 5.75 Å². The van der Waals surface area contributed by atoms with Crippen LogP contribution in [0, 0.1) is 0 Å². The number of nitrogens with zero attached hydrogens (tertiary/aromatic N) is 1. The molecular weight excluding hydrogens is 303 g/mol. The average molecular weight is 315 g/mol. The van der Waals surface area contributed by atoms with Crippen molar-refractivity contribution in [2.45, 2.75) is 13.1 Å². The van der Waals surface area contributed by atoms with Crippen LogP contribution in [0.5, 0.6) is 5.75 Å². The van der Waals surface area contributed by atoms with E-state index in [9.17, 15) is 27.9 Å². The number of esters is 1. The number of rotatable bonds is 2. The number of hydrogen-bond acceptors (Lipinski definition) is 4. The fraction of sp³-hybridized carbons (Fsp3) is 0.286. The summed E-state index contributed by atoms with van der Waals surface area (Å²) < 4.78 is 44.8. The van der Waals surface area contributed by atoms with Gasteiger partial charge >= 0.3 is 12.1 Å². The number of carbonyl (C=O) groups is 1. The van der Waals surface area contributed by atoms with Gasteiger partial charge in [0.1, 0.15) is 5.75 Å². The number of fused-ring (bicyclic) bond motifs is 1. The lowest BCUT2D eigenvalue weighted by Gasteiger charge is -2.15. The maximum absolute atomic E-state index is 13.1. The fourth-order valence-electron chi connectivity index (χ4n) is 2.20. The largest absolute Gasteiger partial charge is 0.506 e. The molecule has 118 valence electrons. The van der Waals surface area contributed by atoms with E-state index in [4.69, 9.17) is 0 Å². The molecule has 0 spiro atoms. The molecule has 5 nitrogen and oxygen atoms in total. The van der Waals surface area contributed by atoms with E-state index < -0.39 is 40.0 Å². The van der Waals surface area contributed by atoms with Gasteiger partial charge in [0.05, 0.1) is 23.1 Å². The Labute approximate surface area is 122 Å². The monoisotopic (exact) mass is 315 g/mol. The predicted molar refractivity (Wildman–Crippen MR) is 71.8 cm³/mol. The Morgan fingerprint density at radius 1 is 1.36 bits per heavy atom. The molecule has 1 heterocycles. The van der Waals surface area contributed by atoms with Gasteiger partial charge in [0, 0.05) is 7.05 Å². The summed E-state index contributed by atoms with van der Waals surface area (Å²) in [6.45, 7) is 1.39. The van der Waals surface area contributed by atoms with Crippen molar-refractivity contribution in [3.63, 3.8) is 0 Å². The Hall–Kier alpha value is -2.51. The van der Waals surface area contributed by atoms with Gasteiger partial charge < -0.3 is 14.4 Å². The first kappa shape index (κ1) is 15.9. The molecule has 22 heavy (non-hydrogen) atoms. The van der Waals surface area contributed by atoms with Crippen molar-refractivity contribution in [1.29, 1.82) is 0 Å². The van der Waals surface area contributed by atoms with Gasteiger partial charge in [0.15, 0.2) is 5.56 Å². The third-order valence-corrected chi connectivity index (χ3v) is 3.18. The SMILES string of the molecule is CCOC(=O)c1c(O)c2c(C(F)(F)F)cccc2n(C)c1=O. The third-order valence-electron chi connectivity index (χ3n) is 3.18. The van der Waals surface area contributed by atoms with Gasteiger partial charge in [-0.2, -0.15) is 13.2 Å². The lowest BCUT2D eigenvalue weighted by Crippen LogP contribution is -2.26. The zero-order valence-corrected chi connectivity index (χ0v) is 11.7. The van der Waals surface area contributed by atoms with Gasteiger partial charge in [-0.05, 0) is 19.1 Å². The van der Waals surface area contributed by atoms with Crippen LogP contribution in [0.1, 0.15) is 22.8 Å². The maximum Gasteiger partial charge on any atom is 0.417 e. The summed E-state index contributed by atoms with van der Waals surface area (Å²) >= 11 is 0. The molecule has 1 aromatic carbocycles. The summed E-state index contributed by atoms with van der Waals surface area (Å²) in [7, 11) is 1.22. The zero-order valence-electron chi connectivity index (χ0n) is 11.7. The van der Waals surface area contributed by atoms with E-state index in [-0.39, 0.29) is 12.1 Å². The van der Waals surface area contributed by atoms with Crippen LogP contribution in [0.3, 0.4) is 0 Å². The van der Waals surface area contributed by atoms with Crippen LogP contribution in [0.25, 0.3) is 10.9 Å². The van der Waals surface area contributed by atoms with E-state index in [0.717, 1.165) is 16.7 Å². The van der Waals surface area contributed by atoms with Crippen LogP contribution < -0.4 is 5.56 Å². The first-order chi connectivity index (χ1) is 10.2. The minimum absolute atomic E-state index is 0.0830. The van der Waals surface area contributed by atoms with Gasteiger partial charge in [-0.3, -0.25) is 4.79 Å². The highest BCUT2D eigenvalue weighted by molar-refractivity contribution is 6.00. The molecular formula is C14H12F3NO4. The van der Waals surface area contributed by atoms with Gasteiger partial charge in [-0.15, -0.1) is 0 Å². The first-order valence-electron chi connectivity index (χ1n) is 6.29. The molecule has 0 saturated carbocycles. The molecule has 0 aliphatic rings. The molecule has 0 unspecified atom stereocenters. The zero-order chi connectivity index (χ0) is 16.7. The lowest BCUT2D eigenvalue weighted by atomic mass is 10.0. The van der Waals surface area contributed by atoms with Crippen LogP contribution >= 0.6 is 0 Å². The summed E-state index contributed by atoms with van der Waals surface area (Å²) in [5, 5.41) is 9.47. The normalized spacial score (nSPS) is 11.7. The second kappa shape index (κ2) is 5.36.